The molecular weight excluding hydrogens is 160 g/mol. The molecule has 2 nitrogen and oxygen atoms in total. The SMILES string of the molecule is CN1CCC(CC(C)(C)C#N)CC1. The number of nitrogens with zero attached hydrogens (tertiary/aromatic N) is 2. The lowest BCUT2D eigenvalue weighted by atomic mass is 9.80. The van der Waals surface area contributed by atoms with Gasteiger partial charge in [-0.15, -0.1) is 0 Å². The first-order valence-corrected chi connectivity index (χ1v) is 5.13. The third-order valence-electron chi connectivity index (χ3n) is 2.94. The molecule has 74 valence electrons. The molecule has 0 radical (unpaired) electrons. The molecule has 0 bridgehead atoms. The Balaban J connectivity index is 2.35. The van der Waals surface area contributed by atoms with Crippen molar-refractivity contribution in [2.75, 3.05) is 20.1 Å². The van der Waals surface area contributed by atoms with Crippen LogP contribution in [-0.2, 0) is 0 Å². The van der Waals surface area contributed by atoms with Crippen molar-refractivity contribution in [3.63, 3.8) is 0 Å². The predicted molar refractivity (Wildman–Crippen MR) is 54.2 cm³/mol. The quantitative estimate of drug-likeness (QED) is 0.652. The molecule has 0 atom stereocenters. The average molecular weight is 180 g/mol. The molecule has 1 aliphatic heterocycles. The molecule has 1 fully saturated rings. The number of piperidine rings is 1. The van der Waals surface area contributed by atoms with E-state index in [2.05, 4.69) is 18.0 Å². The molecule has 0 aromatic rings. The van der Waals surface area contributed by atoms with Gasteiger partial charge in [-0.1, -0.05) is 0 Å². The van der Waals surface area contributed by atoms with E-state index < -0.39 is 0 Å². The van der Waals surface area contributed by atoms with Gasteiger partial charge in [-0.05, 0) is 59.2 Å². The summed E-state index contributed by atoms with van der Waals surface area (Å²) >= 11 is 0. The van der Waals surface area contributed by atoms with Crippen molar-refractivity contribution < 1.29 is 0 Å². The van der Waals surface area contributed by atoms with Crippen molar-refractivity contribution in [3.8, 4) is 6.07 Å². The third kappa shape index (κ3) is 3.36. The van der Waals surface area contributed by atoms with Crippen LogP contribution in [0.4, 0.5) is 0 Å². The fourth-order valence-electron chi connectivity index (χ4n) is 2.03. The van der Waals surface area contributed by atoms with Crippen molar-refractivity contribution in [2.24, 2.45) is 11.3 Å². The molecule has 0 amide bonds. The van der Waals surface area contributed by atoms with Crippen molar-refractivity contribution in [1.29, 1.82) is 5.26 Å². The summed E-state index contributed by atoms with van der Waals surface area (Å²) in [7, 11) is 2.17. The van der Waals surface area contributed by atoms with Crippen LogP contribution in [-0.4, -0.2) is 25.0 Å². The summed E-state index contributed by atoms with van der Waals surface area (Å²) in [5, 5.41) is 8.92. The van der Waals surface area contributed by atoms with Crippen molar-refractivity contribution in [2.45, 2.75) is 33.1 Å². The average Bonchev–Trinajstić information content (AvgIpc) is 2.09. The van der Waals surface area contributed by atoms with Gasteiger partial charge in [0.1, 0.15) is 0 Å². The first kappa shape index (κ1) is 10.5. The maximum absolute atomic E-state index is 8.92. The predicted octanol–water partition coefficient (Wildman–Crippen LogP) is 2.27. The van der Waals surface area contributed by atoms with Gasteiger partial charge < -0.3 is 4.90 Å². The second kappa shape index (κ2) is 4.11. The maximum Gasteiger partial charge on any atom is 0.0684 e. The Morgan fingerprint density at radius 3 is 2.38 bits per heavy atom. The molecule has 13 heavy (non-hydrogen) atoms. The summed E-state index contributed by atoms with van der Waals surface area (Å²) in [5.41, 5.74) is -0.124. The summed E-state index contributed by atoms with van der Waals surface area (Å²) in [6.07, 6.45) is 3.60. The highest BCUT2D eigenvalue weighted by atomic mass is 15.1. The monoisotopic (exact) mass is 180 g/mol. The molecule has 0 spiro atoms. The Morgan fingerprint density at radius 2 is 1.92 bits per heavy atom. The number of rotatable bonds is 2. The van der Waals surface area contributed by atoms with Crippen LogP contribution in [0, 0.1) is 22.7 Å². The van der Waals surface area contributed by atoms with Crippen LogP contribution in [0.1, 0.15) is 33.1 Å². The van der Waals surface area contributed by atoms with E-state index in [9.17, 15) is 0 Å². The van der Waals surface area contributed by atoms with Gasteiger partial charge in [-0.25, -0.2) is 0 Å². The Labute approximate surface area is 81.5 Å². The molecular formula is C11H20N2. The van der Waals surface area contributed by atoms with Gasteiger partial charge in [0, 0.05) is 0 Å². The summed E-state index contributed by atoms with van der Waals surface area (Å²) in [5.74, 6) is 0.769. The zero-order chi connectivity index (χ0) is 9.90. The van der Waals surface area contributed by atoms with Crippen LogP contribution in [0.15, 0.2) is 0 Å². The Morgan fingerprint density at radius 1 is 1.38 bits per heavy atom. The van der Waals surface area contributed by atoms with Crippen LogP contribution in [0.25, 0.3) is 0 Å². The van der Waals surface area contributed by atoms with Gasteiger partial charge in [0.25, 0.3) is 0 Å². The molecule has 0 N–H and O–H groups in total. The van der Waals surface area contributed by atoms with Crippen LogP contribution in [0.5, 0.6) is 0 Å². The third-order valence-corrected chi connectivity index (χ3v) is 2.94. The van der Waals surface area contributed by atoms with Crippen LogP contribution >= 0.6 is 0 Å². The van der Waals surface area contributed by atoms with Gasteiger partial charge in [0.05, 0.1) is 11.5 Å². The topological polar surface area (TPSA) is 27.0 Å². The molecule has 0 aromatic carbocycles. The fourth-order valence-corrected chi connectivity index (χ4v) is 2.03. The first-order valence-electron chi connectivity index (χ1n) is 5.13. The minimum atomic E-state index is -0.124. The van der Waals surface area contributed by atoms with E-state index in [0.717, 1.165) is 12.3 Å². The summed E-state index contributed by atoms with van der Waals surface area (Å²) in [6.45, 7) is 6.50. The molecule has 0 aromatic heterocycles. The van der Waals surface area contributed by atoms with Gasteiger partial charge in [0.2, 0.25) is 0 Å². The molecule has 1 rings (SSSR count). The van der Waals surface area contributed by atoms with Gasteiger partial charge in [-0.3, -0.25) is 0 Å². The summed E-state index contributed by atoms with van der Waals surface area (Å²) in [4.78, 5) is 2.37. The molecule has 2 heteroatoms. The van der Waals surface area contributed by atoms with Crippen molar-refractivity contribution in [3.05, 3.63) is 0 Å². The van der Waals surface area contributed by atoms with Gasteiger partial charge >= 0.3 is 0 Å². The zero-order valence-corrected chi connectivity index (χ0v) is 9.01. The van der Waals surface area contributed by atoms with Crippen LogP contribution in [0.3, 0.4) is 0 Å². The molecule has 0 saturated carbocycles. The molecule has 1 aliphatic rings. The second-order valence-corrected chi connectivity index (χ2v) is 4.95. The van der Waals surface area contributed by atoms with E-state index in [1.165, 1.54) is 25.9 Å². The highest BCUT2D eigenvalue weighted by Crippen LogP contribution is 2.30. The zero-order valence-electron chi connectivity index (χ0n) is 9.01. The first-order chi connectivity index (χ1) is 6.03. The molecule has 0 aliphatic carbocycles. The summed E-state index contributed by atoms with van der Waals surface area (Å²) < 4.78 is 0. The standard InChI is InChI=1S/C11H20N2/c1-11(2,9-12)8-10-4-6-13(3)7-5-10/h10H,4-8H2,1-3H3. The number of nitriles is 1. The van der Waals surface area contributed by atoms with E-state index in [1.54, 1.807) is 0 Å². The molecule has 1 saturated heterocycles. The maximum atomic E-state index is 8.92. The van der Waals surface area contributed by atoms with Gasteiger partial charge in [0.15, 0.2) is 0 Å². The van der Waals surface area contributed by atoms with Crippen molar-refractivity contribution in [1.82, 2.24) is 4.90 Å². The molecule has 1 heterocycles. The van der Waals surface area contributed by atoms with Crippen LogP contribution < -0.4 is 0 Å². The minimum absolute atomic E-state index is 0.124. The number of hydrogen-bond acceptors (Lipinski definition) is 2. The Bertz CT molecular complexity index is 195. The van der Waals surface area contributed by atoms with Crippen molar-refractivity contribution >= 4 is 0 Å². The van der Waals surface area contributed by atoms with E-state index in [4.69, 9.17) is 5.26 Å². The smallest absolute Gasteiger partial charge is 0.0684 e. The molecule has 0 unspecified atom stereocenters. The second-order valence-electron chi connectivity index (χ2n) is 4.95. The van der Waals surface area contributed by atoms with E-state index >= 15 is 0 Å². The lowest BCUT2D eigenvalue weighted by molar-refractivity contribution is 0.187. The summed E-state index contributed by atoms with van der Waals surface area (Å²) in [6, 6.07) is 2.39. The Hall–Kier alpha value is -0.550. The minimum Gasteiger partial charge on any atom is -0.306 e. The number of hydrogen-bond donors (Lipinski definition) is 0. The number of likely N-dealkylation sites (tertiary alicyclic amines) is 1. The van der Waals surface area contributed by atoms with E-state index in [0.29, 0.717) is 0 Å². The lowest BCUT2D eigenvalue weighted by Crippen LogP contribution is -2.32. The van der Waals surface area contributed by atoms with E-state index in [-0.39, 0.29) is 5.41 Å². The fraction of sp³-hybridized carbons (Fsp3) is 0.909. The van der Waals surface area contributed by atoms with E-state index in [1.807, 2.05) is 13.8 Å². The highest BCUT2D eigenvalue weighted by Gasteiger charge is 2.25. The largest absolute Gasteiger partial charge is 0.306 e. The Kier molecular flexibility index (Phi) is 3.33. The normalized spacial score (nSPS) is 21.4. The lowest BCUT2D eigenvalue weighted by Gasteiger charge is -2.31. The highest BCUT2D eigenvalue weighted by molar-refractivity contribution is 4.93. The van der Waals surface area contributed by atoms with Crippen LogP contribution in [0.2, 0.25) is 0 Å². The van der Waals surface area contributed by atoms with Gasteiger partial charge in [-0.2, -0.15) is 5.26 Å².